The molecule has 0 heterocycles. The van der Waals surface area contributed by atoms with E-state index in [2.05, 4.69) is 0 Å². The van der Waals surface area contributed by atoms with Crippen molar-refractivity contribution in [3.63, 3.8) is 0 Å². The number of methoxy groups -OCH3 is 1. The van der Waals surface area contributed by atoms with Crippen molar-refractivity contribution >= 4 is 17.5 Å². The fraction of sp³-hybridized carbons (Fsp3) is 0.462. The van der Waals surface area contributed by atoms with Gasteiger partial charge in [0.25, 0.3) is 0 Å². The molecule has 3 heteroatoms. The molecule has 0 aliphatic carbocycles. The number of carbonyl (C=O) groups excluding carboxylic acids is 1. The number of hydrogen-bond acceptors (Lipinski definition) is 3. The highest BCUT2D eigenvalue weighted by Crippen LogP contribution is 2.12. The molecule has 16 heavy (non-hydrogen) atoms. The monoisotopic (exact) mass is 238 g/mol. The Labute approximate surface area is 101 Å². The quantitative estimate of drug-likeness (QED) is 0.539. The van der Waals surface area contributed by atoms with Crippen LogP contribution in [0.25, 0.3) is 0 Å². The van der Waals surface area contributed by atoms with Crippen LogP contribution in [0.5, 0.6) is 0 Å². The Hall–Kier alpha value is -0.800. The van der Waals surface area contributed by atoms with Gasteiger partial charge < -0.3 is 4.74 Å². The van der Waals surface area contributed by atoms with Crippen molar-refractivity contribution in [1.82, 2.24) is 0 Å². The number of aryl methyl sites for hydroxylation is 1. The van der Waals surface area contributed by atoms with Gasteiger partial charge in [0.05, 0.1) is 5.75 Å². The highest BCUT2D eigenvalue weighted by molar-refractivity contribution is 7.99. The number of hydrogen-bond donors (Lipinski definition) is 0. The van der Waals surface area contributed by atoms with Crippen LogP contribution in [-0.2, 0) is 4.74 Å². The smallest absolute Gasteiger partial charge is 0.172 e. The zero-order chi connectivity index (χ0) is 11.8. The van der Waals surface area contributed by atoms with Gasteiger partial charge >= 0.3 is 0 Å². The third-order valence-electron chi connectivity index (χ3n) is 2.32. The van der Waals surface area contributed by atoms with Gasteiger partial charge in [0.1, 0.15) is 0 Å². The second-order valence-corrected chi connectivity index (χ2v) is 4.74. The lowest BCUT2D eigenvalue weighted by atomic mass is 10.1. The summed E-state index contributed by atoms with van der Waals surface area (Å²) < 4.78 is 4.95. The van der Waals surface area contributed by atoms with E-state index in [9.17, 15) is 4.79 Å². The normalized spacial score (nSPS) is 10.4. The highest BCUT2D eigenvalue weighted by atomic mass is 32.2. The summed E-state index contributed by atoms with van der Waals surface area (Å²) in [6.45, 7) is 2.74. The lowest BCUT2D eigenvalue weighted by molar-refractivity contribution is 0.102. The molecule has 0 N–H and O–H groups in total. The van der Waals surface area contributed by atoms with Crippen LogP contribution in [-0.4, -0.2) is 31.0 Å². The molecule has 0 aromatic heterocycles. The van der Waals surface area contributed by atoms with Crippen molar-refractivity contribution in [2.24, 2.45) is 0 Å². The summed E-state index contributed by atoms with van der Waals surface area (Å²) >= 11 is 1.68. The second-order valence-electron chi connectivity index (χ2n) is 3.64. The molecule has 0 saturated carbocycles. The molecular formula is C13H18O2S. The third-order valence-corrected chi connectivity index (χ3v) is 3.36. The molecule has 0 saturated heterocycles. The summed E-state index contributed by atoms with van der Waals surface area (Å²) in [6.07, 6.45) is 1.00. The molecule has 1 aromatic carbocycles. The first-order valence-electron chi connectivity index (χ1n) is 5.41. The van der Waals surface area contributed by atoms with Gasteiger partial charge in [-0.15, -0.1) is 0 Å². The summed E-state index contributed by atoms with van der Waals surface area (Å²) in [5.41, 5.74) is 1.91. The van der Waals surface area contributed by atoms with Gasteiger partial charge in [-0.2, -0.15) is 11.8 Å². The Morgan fingerprint density at radius 3 is 2.81 bits per heavy atom. The fourth-order valence-electron chi connectivity index (χ4n) is 1.43. The standard InChI is InChI=1S/C13H18O2S/c1-11-6-3-4-7-12(11)13(14)10-16-9-5-8-15-2/h3-4,6-7H,5,8-10H2,1-2H3. The van der Waals surface area contributed by atoms with Crippen molar-refractivity contribution < 1.29 is 9.53 Å². The average Bonchev–Trinajstić information content (AvgIpc) is 2.29. The van der Waals surface area contributed by atoms with Crippen molar-refractivity contribution in [2.45, 2.75) is 13.3 Å². The van der Waals surface area contributed by atoms with E-state index in [1.54, 1.807) is 18.9 Å². The number of thioether (sulfide) groups is 1. The number of ether oxygens (including phenoxy) is 1. The van der Waals surface area contributed by atoms with E-state index >= 15 is 0 Å². The number of benzene rings is 1. The van der Waals surface area contributed by atoms with E-state index in [0.29, 0.717) is 5.75 Å². The molecule has 0 atom stereocenters. The Morgan fingerprint density at radius 1 is 1.38 bits per heavy atom. The van der Waals surface area contributed by atoms with E-state index in [-0.39, 0.29) is 5.78 Å². The maximum Gasteiger partial charge on any atom is 0.172 e. The minimum absolute atomic E-state index is 0.223. The number of rotatable bonds is 7. The fourth-order valence-corrected chi connectivity index (χ4v) is 2.24. The summed E-state index contributed by atoms with van der Waals surface area (Å²) in [4.78, 5) is 11.8. The second kappa shape index (κ2) is 7.47. The highest BCUT2D eigenvalue weighted by Gasteiger charge is 2.07. The van der Waals surface area contributed by atoms with Crippen molar-refractivity contribution in [2.75, 3.05) is 25.2 Å². The average molecular weight is 238 g/mol. The van der Waals surface area contributed by atoms with Gasteiger partial charge in [0.15, 0.2) is 5.78 Å². The molecule has 1 aromatic rings. The van der Waals surface area contributed by atoms with Gasteiger partial charge in [-0.25, -0.2) is 0 Å². The third kappa shape index (κ3) is 4.37. The molecule has 0 aliphatic rings. The molecule has 0 radical (unpaired) electrons. The van der Waals surface area contributed by atoms with Crippen molar-refractivity contribution in [3.05, 3.63) is 35.4 Å². The van der Waals surface area contributed by atoms with Crippen molar-refractivity contribution in [1.29, 1.82) is 0 Å². The van der Waals surface area contributed by atoms with Crippen molar-refractivity contribution in [3.8, 4) is 0 Å². The van der Waals surface area contributed by atoms with Crippen LogP contribution in [0.3, 0.4) is 0 Å². The number of carbonyl (C=O) groups is 1. The van der Waals surface area contributed by atoms with Gasteiger partial charge in [0.2, 0.25) is 0 Å². The van der Waals surface area contributed by atoms with Crippen LogP contribution in [0.15, 0.2) is 24.3 Å². The van der Waals surface area contributed by atoms with E-state index in [0.717, 1.165) is 29.9 Å². The molecule has 88 valence electrons. The molecule has 0 aliphatic heterocycles. The summed E-state index contributed by atoms with van der Waals surface area (Å²) in [5.74, 6) is 1.76. The van der Waals surface area contributed by atoms with Crippen LogP contribution >= 0.6 is 11.8 Å². The molecule has 2 nitrogen and oxygen atoms in total. The minimum atomic E-state index is 0.223. The zero-order valence-electron chi connectivity index (χ0n) is 9.86. The molecular weight excluding hydrogens is 220 g/mol. The Kier molecular flexibility index (Phi) is 6.19. The lowest BCUT2D eigenvalue weighted by Crippen LogP contribution is -2.05. The number of ketones is 1. The maximum absolute atomic E-state index is 11.8. The predicted octanol–water partition coefficient (Wildman–Crippen LogP) is 2.95. The van der Waals surface area contributed by atoms with Crippen LogP contribution in [0.2, 0.25) is 0 Å². The SMILES string of the molecule is COCCCSCC(=O)c1ccccc1C. The summed E-state index contributed by atoms with van der Waals surface area (Å²) in [5, 5.41) is 0. The van der Waals surface area contributed by atoms with Gasteiger partial charge in [-0.3, -0.25) is 4.79 Å². The minimum Gasteiger partial charge on any atom is -0.385 e. The Balaban J connectivity index is 2.33. The van der Waals surface area contributed by atoms with Gasteiger partial charge in [0, 0.05) is 19.3 Å². The van der Waals surface area contributed by atoms with Crippen LogP contribution in [0.1, 0.15) is 22.3 Å². The Bertz CT molecular complexity index is 336. The van der Waals surface area contributed by atoms with E-state index < -0.39 is 0 Å². The topological polar surface area (TPSA) is 26.3 Å². The van der Waals surface area contributed by atoms with Gasteiger partial charge in [-0.05, 0) is 24.7 Å². The summed E-state index contributed by atoms with van der Waals surface area (Å²) in [6, 6.07) is 7.74. The van der Waals surface area contributed by atoms with E-state index in [1.165, 1.54) is 0 Å². The predicted molar refractivity (Wildman–Crippen MR) is 69.3 cm³/mol. The molecule has 0 unspecified atom stereocenters. The largest absolute Gasteiger partial charge is 0.385 e. The zero-order valence-corrected chi connectivity index (χ0v) is 10.7. The Morgan fingerprint density at radius 2 is 2.12 bits per heavy atom. The first-order valence-corrected chi connectivity index (χ1v) is 6.56. The molecule has 0 amide bonds. The van der Waals surface area contributed by atoms with Gasteiger partial charge in [-0.1, -0.05) is 24.3 Å². The van der Waals surface area contributed by atoms with E-state index in [4.69, 9.17) is 4.74 Å². The number of Topliss-reactive ketones (excluding diaryl/α,β-unsaturated/α-hetero) is 1. The first kappa shape index (κ1) is 13.3. The van der Waals surface area contributed by atoms with Crippen LogP contribution in [0, 0.1) is 6.92 Å². The van der Waals surface area contributed by atoms with Crippen LogP contribution in [0.4, 0.5) is 0 Å². The maximum atomic E-state index is 11.8. The molecule has 1 rings (SSSR count). The van der Waals surface area contributed by atoms with E-state index in [1.807, 2.05) is 31.2 Å². The first-order chi connectivity index (χ1) is 7.75. The lowest BCUT2D eigenvalue weighted by Gasteiger charge is -2.04. The molecule has 0 fully saturated rings. The molecule has 0 spiro atoms. The summed E-state index contributed by atoms with van der Waals surface area (Å²) in [7, 11) is 1.70. The van der Waals surface area contributed by atoms with Crippen LogP contribution < -0.4 is 0 Å². The molecule has 0 bridgehead atoms.